The highest BCUT2D eigenvalue weighted by Crippen LogP contribution is 2.23. The summed E-state index contributed by atoms with van der Waals surface area (Å²) in [5.41, 5.74) is 0. The van der Waals surface area contributed by atoms with E-state index in [4.69, 9.17) is 13.9 Å². The predicted octanol–water partition coefficient (Wildman–Crippen LogP) is 4.04. The molecule has 25 heavy (non-hydrogen) atoms. The fraction of sp³-hybridized carbons (Fsp3) is 0.333. The number of nitrogens with zero attached hydrogens (tertiary/aromatic N) is 3. The zero-order chi connectivity index (χ0) is 17.5. The van der Waals surface area contributed by atoms with Crippen molar-refractivity contribution >= 4 is 11.8 Å². The molecule has 0 saturated carbocycles. The topological polar surface area (TPSA) is 62.3 Å². The third-order valence-electron chi connectivity index (χ3n) is 3.46. The molecule has 0 bridgehead atoms. The van der Waals surface area contributed by atoms with Crippen molar-refractivity contribution in [3.8, 4) is 23.1 Å². The minimum absolute atomic E-state index is 0.586. The summed E-state index contributed by atoms with van der Waals surface area (Å²) in [6.07, 6.45) is 2.63. The summed E-state index contributed by atoms with van der Waals surface area (Å²) < 4.78 is 18.6. The van der Waals surface area contributed by atoms with Gasteiger partial charge in [0, 0.05) is 12.8 Å². The van der Waals surface area contributed by atoms with Crippen LogP contribution in [0, 0.1) is 0 Å². The molecule has 0 amide bonds. The number of furan rings is 1. The van der Waals surface area contributed by atoms with Gasteiger partial charge in [0.2, 0.25) is 0 Å². The maximum atomic E-state index is 5.75. The first-order valence-electron chi connectivity index (χ1n) is 8.19. The lowest BCUT2D eigenvalue weighted by molar-refractivity contribution is 0.314. The van der Waals surface area contributed by atoms with Crippen LogP contribution in [0.25, 0.3) is 11.6 Å². The fourth-order valence-electron chi connectivity index (χ4n) is 2.21. The van der Waals surface area contributed by atoms with Crippen LogP contribution in [0.2, 0.25) is 0 Å². The Hall–Kier alpha value is -2.41. The number of ether oxygens (including phenoxy) is 2. The van der Waals surface area contributed by atoms with Gasteiger partial charge in [-0.1, -0.05) is 18.7 Å². The van der Waals surface area contributed by atoms with Crippen LogP contribution in [0.15, 0.2) is 52.2 Å². The van der Waals surface area contributed by atoms with Crippen molar-refractivity contribution in [3.63, 3.8) is 0 Å². The lowest BCUT2D eigenvalue weighted by Crippen LogP contribution is -2.02. The quantitative estimate of drug-likeness (QED) is 0.424. The van der Waals surface area contributed by atoms with Gasteiger partial charge in [-0.2, -0.15) is 0 Å². The van der Waals surface area contributed by atoms with Crippen molar-refractivity contribution in [2.75, 3.05) is 19.0 Å². The van der Waals surface area contributed by atoms with Gasteiger partial charge in [0.05, 0.1) is 19.5 Å². The monoisotopic (exact) mass is 359 g/mol. The first kappa shape index (κ1) is 17.4. The molecule has 1 aromatic carbocycles. The maximum Gasteiger partial charge on any atom is 0.200 e. The van der Waals surface area contributed by atoms with Crippen LogP contribution in [-0.2, 0) is 7.05 Å². The molecule has 0 unspecified atom stereocenters. The third-order valence-corrected chi connectivity index (χ3v) is 4.44. The average molecular weight is 359 g/mol. The lowest BCUT2D eigenvalue weighted by atomic mass is 10.3. The molecule has 0 saturated heterocycles. The summed E-state index contributed by atoms with van der Waals surface area (Å²) in [5, 5.41) is 9.20. The van der Waals surface area contributed by atoms with Gasteiger partial charge in [0.15, 0.2) is 16.7 Å². The van der Waals surface area contributed by atoms with Crippen molar-refractivity contribution in [2.24, 2.45) is 7.05 Å². The SMILES string of the molecule is CCCOc1ccc(OCCSc2nnc(-c3ccco3)n2C)cc1. The van der Waals surface area contributed by atoms with E-state index in [1.807, 2.05) is 48.0 Å². The van der Waals surface area contributed by atoms with Crippen molar-refractivity contribution in [2.45, 2.75) is 18.5 Å². The minimum atomic E-state index is 0.586. The maximum absolute atomic E-state index is 5.75. The molecular formula is C18H21N3O3S. The first-order chi connectivity index (χ1) is 12.3. The van der Waals surface area contributed by atoms with Crippen LogP contribution in [0.1, 0.15) is 13.3 Å². The van der Waals surface area contributed by atoms with Gasteiger partial charge in [-0.15, -0.1) is 10.2 Å². The number of hydrogen-bond donors (Lipinski definition) is 0. The van der Waals surface area contributed by atoms with Crippen LogP contribution in [-0.4, -0.2) is 33.7 Å². The summed E-state index contributed by atoms with van der Waals surface area (Å²) in [4.78, 5) is 0. The highest BCUT2D eigenvalue weighted by Gasteiger charge is 2.12. The molecule has 6 nitrogen and oxygen atoms in total. The van der Waals surface area contributed by atoms with Crippen molar-refractivity contribution in [3.05, 3.63) is 42.7 Å². The minimum Gasteiger partial charge on any atom is -0.494 e. The Bertz CT molecular complexity index is 769. The molecule has 7 heteroatoms. The molecule has 0 aliphatic rings. The molecule has 3 aromatic rings. The Morgan fingerprint density at radius 2 is 1.76 bits per heavy atom. The van der Waals surface area contributed by atoms with Crippen LogP contribution in [0.4, 0.5) is 0 Å². The van der Waals surface area contributed by atoms with Crippen LogP contribution >= 0.6 is 11.8 Å². The molecule has 3 rings (SSSR count). The number of rotatable bonds is 9. The molecule has 0 aliphatic heterocycles. The van der Waals surface area contributed by atoms with E-state index in [1.165, 1.54) is 0 Å². The fourth-order valence-corrected chi connectivity index (χ4v) is 2.93. The standard InChI is InChI=1S/C18H21N3O3S/c1-3-10-22-14-6-8-15(9-7-14)23-12-13-25-18-20-19-17(21(18)2)16-5-4-11-24-16/h4-9,11H,3,10,12-13H2,1-2H3. The summed E-state index contributed by atoms with van der Waals surface area (Å²) >= 11 is 1.60. The van der Waals surface area contributed by atoms with E-state index in [0.29, 0.717) is 12.4 Å². The molecule has 0 radical (unpaired) electrons. The van der Waals surface area contributed by atoms with E-state index >= 15 is 0 Å². The summed E-state index contributed by atoms with van der Waals surface area (Å²) in [6.45, 7) is 3.40. The molecule has 132 valence electrons. The summed E-state index contributed by atoms with van der Waals surface area (Å²) in [5.74, 6) is 3.91. The Morgan fingerprint density at radius 3 is 2.40 bits per heavy atom. The van der Waals surface area contributed by atoms with Gasteiger partial charge in [-0.25, -0.2) is 0 Å². The molecule has 0 atom stereocenters. The van der Waals surface area contributed by atoms with Crippen LogP contribution in [0.5, 0.6) is 11.5 Å². The number of aromatic nitrogens is 3. The molecule has 0 N–H and O–H groups in total. The Morgan fingerprint density at radius 1 is 1.04 bits per heavy atom. The number of thioether (sulfide) groups is 1. The van der Waals surface area contributed by atoms with Gasteiger partial charge in [-0.05, 0) is 42.8 Å². The van der Waals surface area contributed by atoms with Gasteiger partial charge < -0.3 is 18.5 Å². The second-order valence-electron chi connectivity index (χ2n) is 5.36. The lowest BCUT2D eigenvalue weighted by Gasteiger charge is -2.08. The molecule has 2 heterocycles. The van der Waals surface area contributed by atoms with E-state index in [0.717, 1.165) is 41.3 Å². The highest BCUT2D eigenvalue weighted by molar-refractivity contribution is 7.99. The van der Waals surface area contributed by atoms with Gasteiger partial charge in [-0.3, -0.25) is 0 Å². The van der Waals surface area contributed by atoms with Gasteiger partial charge in [0.1, 0.15) is 11.5 Å². The first-order valence-corrected chi connectivity index (χ1v) is 9.18. The second kappa shape index (κ2) is 8.62. The van der Waals surface area contributed by atoms with Crippen molar-refractivity contribution in [1.82, 2.24) is 14.8 Å². The average Bonchev–Trinajstić information content (AvgIpc) is 3.28. The van der Waals surface area contributed by atoms with Gasteiger partial charge in [0.25, 0.3) is 0 Å². The Labute approximate surface area is 151 Å². The second-order valence-corrected chi connectivity index (χ2v) is 6.42. The number of hydrogen-bond acceptors (Lipinski definition) is 6. The number of benzene rings is 1. The molecule has 0 aliphatic carbocycles. The summed E-state index contributed by atoms with van der Waals surface area (Å²) in [6, 6.07) is 11.4. The van der Waals surface area contributed by atoms with E-state index in [9.17, 15) is 0 Å². The van der Waals surface area contributed by atoms with Crippen LogP contribution < -0.4 is 9.47 Å². The Balaban J connectivity index is 1.46. The third kappa shape index (κ3) is 4.57. The summed E-state index contributed by atoms with van der Waals surface area (Å²) in [7, 11) is 1.93. The van der Waals surface area contributed by atoms with Crippen molar-refractivity contribution in [1.29, 1.82) is 0 Å². The zero-order valence-electron chi connectivity index (χ0n) is 14.3. The van der Waals surface area contributed by atoms with Crippen molar-refractivity contribution < 1.29 is 13.9 Å². The molecule has 0 fully saturated rings. The normalized spacial score (nSPS) is 10.8. The van der Waals surface area contributed by atoms with E-state index < -0.39 is 0 Å². The van der Waals surface area contributed by atoms with E-state index in [-0.39, 0.29) is 0 Å². The smallest absolute Gasteiger partial charge is 0.200 e. The predicted molar refractivity (Wildman–Crippen MR) is 97.2 cm³/mol. The van der Waals surface area contributed by atoms with Gasteiger partial charge >= 0.3 is 0 Å². The van der Waals surface area contributed by atoms with E-state index in [2.05, 4.69) is 17.1 Å². The highest BCUT2D eigenvalue weighted by atomic mass is 32.2. The largest absolute Gasteiger partial charge is 0.494 e. The van der Waals surface area contributed by atoms with E-state index in [1.54, 1.807) is 18.0 Å². The Kier molecular flexibility index (Phi) is 6.00. The molecule has 2 aromatic heterocycles. The zero-order valence-corrected chi connectivity index (χ0v) is 15.2. The molecule has 0 spiro atoms. The van der Waals surface area contributed by atoms with Crippen LogP contribution in [0.3, 0.4) is 0 Å². The molecular weight excluding hydrogens is 338 g/mol.